The van der Waals surface area contributed by atoms with Crippen molar-refractivity contribution in [2.24, 2.45) is 0 Å². The maximum absolute atomic E-state index is 13.2. The fraction of sp³-hybridized carbons (Fsp3) is 0.120. The van der Waals surface area contributed by atoms with E-state index in [0.717, 1.165) is 22.2 Å². The molecule has 0 saturated heterocycles. The van der Waals surface area contributed by atoms with Gasteiger partial charge in [-0.1, -0.05) is 41.4 Å². The number of rotatable bonds is 7. The molecule has 5 nitrogen and oxygen atoms in total. The van der Waals surface area contributed by atoms with Crippen LogP contribution in [-0.2, 0) is 6.54 Å². The Morgan fingerprint density at radius 3 is 2.59 bits per heavy atom. The van der Waals surface area contributed by atoms with Crippen LogP contribution in [0.4, 0.5) is 0 Å². The molecule has 4 aromatic rings. The summed E-state index contributed by atoms with van der Waals surface area (Å²) in [5, 5.41) is 1.09. The minimum atomic E-state index is -0.232. The van der Waals surface area contributed by atoms with Crippen molar-refractivity contribution in [1.29, 1.82) is 0 Å². The van der Waals surface area contributed by atoms with Gasteiger partial charge in [-0.05, 0) is 54.1 Å². The molecule has 162 valence electrons. The third-order valence-corrected chi connectivity index (χ3v) is 5.66. The lowest BCUT2D eigenvalue weighted by Gasteiger charge is -2.10. The minimum Gasteiger partial charge on any atom is -0.497 e. The van der Waals surface area contributed by atoms with Gasteiger partial charge < -0.3 is 14.0 Å². The van der Waals surface area contributed by atoms with E-state index in [1.807, 2.05) is 47.0 Å². The van der Waals surface area contributed by atoms with E-state index in [9.17, 15) is 4.79 Å². The zero-order chi connectivity index (χ0) is 22.7. The first-order valence-corrected chi connectivity index (χ1v) is 10.6. The Bertz CT molecular complexity index is 1330. The monoisotopic (exact) mass is 466 g/mol. The number of halogens is 2. The molecule has 32 heavy (non-hydrogen) atoms. The molecule has 0 aliphatic heterocycles. The van der Waals surface area contributed by atoms with Crippen LogP contribution < -0.4 is 9.47 Å². The number of methoxy groups -OCH3 is 2. The van der Waals surface area contributed by atoms with Gasteiger partial charge in [0.15, 0.2) is 5.82 Å². The van der Waals surface area contributed by atoms with E-state index in [-0.39, 0.29) is 5.78 Å². The Morgan fingerprint density at radius 2 is 1.84 bits per heavy atom. The summed E-state index contributed by atoms with van der Waals surface area (Å²) in [5.74, 6) is 1.37. The van der Waals surface area contributed by atoms with Gasteiger partial charge in [0, 0.05) is 21.7 Å². The van der Waals surface area contributed by atoms with Crippen LogP contribution in [0.5, 0.6) is 11.5 Å². The Morgan fingerprint density at radius 1 is 1.03 bits per heavy atom. The Balaban J connectivity index is 1.72. The SMILES string of the molecule is COc1ccc(/C=C/C(=O)c2nc3ccccc3n2Cc2ccc(Cl)cc2Cl)c(OC)c1. The molecule has 0 amide bonds. The number of ketones is 1. The molecule has 0 saturated carbocycles. The zero-order valence-corrected chi connectivity index (χ0v) is 19.0. The van der Waals surface area contributed by atoms with Gasteiger partial charge in [-0.3, -0.25) is 4.79 Å². The number of allylic oxidation sites excluding steroid dienone is 1. The molecular formula is C25H20Cl2N2O3. The molecule has 0 fully saturated rings. The summed E-state index contributed by atoms with van der Waals surface area (Å²) in [6.45, 7) is 0.386. The van der Waals surface area contributed by atoms with Crippen LogP contribution in [-0.4, -0.2) is 29.6 Å². The maximum Gasteiger partial charge on any atom is 0.221 e. The molecule has 0 atom stereocenters. The van der Waals surface area contributed by atoms with Gasteiger partial charge >= 0.3 is 0 Å². The molecule has 0 spiro atoms. The third kappa shape index (κ3) is 4.49. The van der Waals surface area contributed by atoms with Crippen molar-refractivity contribution in [3.63, 3.8) is 0 Å². The molecule has 0 aliphatic carbocycles. The molecule has 0 bridgehead atoms. The van der Waals surface area contributed by atoms with Crippen molar-refractivity contribution < 1.29 is 14.3 Å². The van der Waals surface area contributed by atoms with Crippen LogP contribution in [0.25, 0.3) is 17.1 Å². The van der Waals surface area contributed by atoms with Crippen LogP contribution in [0, 0.1) is 0 Å². The summed E-state index contributed by atoms with van der Waals surface area (Å²) < 4.78 is 12.5. The highest BCUT2D eigenvalue weighted by Gasteiger charge is 2.17. The van der Waals surface area contributed by atoms with Gasteiger partial charge in [0.1, 0.15) is 11.5 Å². The van der Waals surface area contributed by atoms with Gasteiger partial charge in [0.25, 0.3) is 0 Å². The van der Waals surface area contributed by atoms with Crippen LogP contribution >= 0.6 is 23.2 Å². The summed E-state index contributed by atoms with van der Waals surface area (Å²) in [6.07, 6.45) is 3.20. The predicted molar refractivity (Wildman–Crippen MR) is 128 cm³/mol. The number of hydrogen-bond donors (Lipinski definition) is 0. The number of fused-ring (bicyclic) bond motifs is 1. The van der Waals surface area contributed by atoms with E-state index >= 15 is 0 Å². The molecule has 4 rings (SSSR count). The minimum absolute atomic E-state index is 0.232. The number of ether oxygens (including phenoxy) is 2. The number of imidazole rings is 1. The first-order valence-electron chi connectivity index (χ1n) is 9.84. The first kappa shape index (κ1) is 21.9. The van der Waals surface area contributed by atoms with Gasteiger partial charge in [0.05, 0.1) is 31.8 Å². The molecular weight excluding hydrogens is 447 g/mol. The van der Waals surface area contributed by atoms with Gasteiger partial charge in [-0.15, -0.1) is 0 Å². The van der Waals surface area contributed by atoms with Gasteiger partial charge in [-0.2, -0.15) is 0 Å². The van der Waals surface area contributed by atoms with Crippen molar-refractivity contribution in [2.75, 3.05) is 14.2 Å². The van der Waals surface area contributed by atoms with Crippen molar-refractivity contribution in [1.82, 2.24) is 9.55 Å². The average molecular weight is 467 g/mol. The summed E-state index contributed by atoms with van der Waals surface area (Å²) >= 11 is 12.4. The second kappa shape index (κ2) is 9.47. The normalized spacial score (nSPS) is 11.2. The Kier molecular flexibility index (Phi) is 6.49. The van der Waals surface area contributed by atoms with E-state index in [4.69, 9.17) is 32.7 Å². The van der Waals surface area contributed by atoms with Crippen LogP contribution in [0.3, 0.4) is 0 Å². The number of benzene rings is 3. The topological polar surface area (TPSA) is 53.3 Å². The molecule has 1 aromatic heterocycles. The quantitative estimate of drug-likeness (QED) is 0.236. The third-order valence-electron chi connectivity index (χ3n) is 5.07. The number of nitrogens with zero attached hydrogens (tertiary/aromatic N) is 2. The molecule has 0 N–H and O–H groups in total. The largest absolute Gasteiger partial charge is 0.497 e. The molecule has 0 radical (unpaired) electrons. The maximum atomic E-state index is 13.2. The van der Waals surface area contributed by atoms with Gasteiger partial charge in [-0.25, -0.2) is 4.98 Å². The lowest BCUT2D eigenvalue weighted by Crippen LogP contribution is -2.10. The van der Waals surface area contributed by atoms with E-state index < -0.39 is 0 Å². The molecule has 0 unspecified atom stereocenters. The van der Waals surface area contributed by atoms with Crippen molar-refractivity contribution >= 4 is 46.1 Å². The summed E-state index contributed by atoms with van der Waals surface area (Å²) in [6, 6.07) is 18.3. The second-order valence-electron chi connectivity index (χ2n) is 7.05. The van der Waals surface area contributed by atoms with E-state index in [0.29, 0.717) is 33.9 Å². The number of hydrogen-bond acceptors (Lipinski definition) is 4. The Labute approximate surface area is 195 Å². The highest BCUT2D eigenvalue weighted by Crippen LogP contribution is 2.27. The van der Waals surface area contributed by atoms with Crippen LogP contribution in [0.2, 0.25) is 10.0 Å². The van der Waals surface area contributed by atoms with Gasteiger partial charge in [0.2, 0.25) is 5.78 Å². The highest BCUT2D eigenvalue weighted by molar-refractivity contribution is 6.35. The standard InChI is InChI=1S/C25H20Cl2N2O3/c1-31-19-11-8-16(24(14-19)32-2)9-12-23(30)25-28-21-5-3-4-6-22(21)29(25)15-17-7-10-18(26)13-20(17)27/h3-14H,15H2,1-2H3/b12-9+. The highest BCUT2D eigenvalue weighted by atomic mass is 35.5. The zero-order valence-electron chi connectivity index (χ0n) is 17.5. The summed E-state index contributed by atoms with van der Waals surface area (Å²) in [5.41, 5.74) is 3.17. The molecule has 7 heteroatoms. The number of carbonyl (C=O) groups is 1. The van der Waals surface area contributed by atoms with Crippen molar-refractivity contribution in [3.05, 3.63) is 93.7 Å². The number of carbonyl (C=O) groups excluding carboxylic acids is 1. The van der Waals surface area contributed by atoms with Crippen LogP contribution in [0.15, 0.2) is 66.7 Å². The number of aromatic nitrogens is 2. The number of para-hydroxylation sites is 2. The van der Waals surface area contributed by atoms with E-state index in [1.165, 1.54) is 6.08 Å². The van der Waals surface area contributed by atoms with E-state index in [1.54, 1.807) is 38.5 Å². The lowest BCUT2D eigenvalue weighted by molar-refractivity contribution is 0.103. The molecule has 1 heterocycles. The molecule has 3 aromatic carbocycles. The van der Waals surface area contributed by atoms with Crippen molar-refractivity contribution in [3.8, 4) is 11.5 Å². The Hall–Kier alpha value is -3.28. The lowest BCUT2D eigenvalue weighted by atomic mass is 10.1. The summed E-state index contributed by atoms with van der Waals surface area (Å²) in [4.78, 5) is 17.8. The first-order chi connectivity index (χ1) is 15.5. The fourth-order valence-corrected chi connectivity index (χ4v) is 3.91. The molecule has 0 aliphatic rings. The fourth-order valence-electron chi connectivity index (χ4n) is 3.44. The predicted octanol–water partition coefficient (Wildman–Crippen LogP) is 6.30. The second-order valence-corrected chi connectivity index (χ2v) is 7.90. The van der Waals surface area contributed by atoms with Crippen molar-refractivity contribution in [2.45, 2.75) is 6.54 Å². The summed E-state index contributed by atoms with van der Waals surface area (Å²) in [7, 11) is 3.16. The van der Waals surface area contributed by atoms with Crippen LogP contribution in [0.1, 0.15) is 21.7 Å². The van der Waals surface area contributed by atoms with E-state index in [2.05, 4.69) is 4.98 Å². The smallest absolute Gasteiger partial charge is 0.221 e. The average Bonchev–Trinajstić information content (AvgIpc) is 3.17.